The van der Waals surface area contributed by atoms with Crippen LogP contribution >= 0.6 is 0 Å². The van der Waals surface area contributed by atoms with Gasteiger partial charge in [0.05, 0.1) is 13.5 Å². The van der Waals surface area contributed by atoms with Crippen molar-refractivity contribution >= 4 is 5.91 Å². The fraction of sp³-hybridized carbons (Fsp3) is 0.632. The number of methoxy groups -OCH3 is 1. The molecule has 2 saturated carbocycles. The third-order valence-electron chi connectivity index (χ3n) is 6.65. The van der Waals surface area contributed by atoms with Crippen LogP contribution in [0.2, 0.25) is 0 Å². The zero-order valence-corrected chi connectivity index (χ0v) is 14.1. The summed E-state index contributed by atoms with van der Waals surface area (Å²) >= 11 is 0. The number of fused-ring (bicyclic) bond motifs is 2. The molecule has 0 spiro atoms. The molecule has 120 valence electrons. The van der Waals surface area contributed by atoms with E-state index in [4.69, 9.17) is 4.74 Å². The quantitative estimate of drug-likeness (QED) is 0.923. The third kappa shape index (κ3) is 2.31. The molecule has 1 N–H and O–H groups in total. The molecule has 3 heteroatoms. The maximum Gasteiger partial charge on any atom is 0.224 e. The van der Waals surface area contributed by atoms with Crippen molar-refractivity contribution in [1.82, 2.24) is 5.32 Å². The normalized spacial score (nSPS) is 32.0. The van der Waals surface area contributed by atoms with Crippen molar-refractivity contribution in [1.29, 1.82) is 0 Å². The number of rotatable bonds is 4. The molecule has 2 aliphatic rings. The summed E-state index contributed by atoms with van der Waals surface area (Å²) in [7, 11) is 1.65. The van der Waals surface area contributed by atoms with E-state index in [0.717, 1.165) is 23.7 Å². The molecule has 0 radical (unpaired) electrons. The van der Waals surface area contributed by atoms with Crippen LogP contribution < -0.4 is 10.1 Å². The van der Waals surface area contributed by atoms with E-state index in [1.165, 1.54) is 12.8 Å². The van der Waals surface area contributed by atoms with Crippen LogP contribution in [0.15, 0.2) is 24.3 Å². The van der Waals surface area contributed by atoms with Crippen molar-refractivity contribution in [3.05, 3.63) is 29.8 Å². The van der Waals surface area contributed by atoms with E-state index in [9.17, 15) is 4.79 Å². The minimum atomic E-state index is 0.139. The summed E-state index contributed by atoms with van der Waals surface area (Å²) in [6.45, 7) is 7.11. The number of benzene rings is 1. The lowest BCUT2D eigenvalue weighted by Gasteiger charge is -2.39. The highest BCUT2D eigenvalue weighted by Crippen LogP contribution is 2.65. The Bertz CT molecular complexity index is 563. The van der Waals surface area contributed by atoms with Crippen LogP contribution in [0.25, 0.3) is 0 Å². The average molecular weight is 301 g/mol. The van der Waals surface area contributed by atoms with E-state index in [1.54, 1.807) is 7.11 Å². The number of hydrogen-bond donors (Lipinski definition) is 1. The van der Waals surface area contributed by atoms with Gasteiger partial charge in [0.1, 0.15) is 5.75 Å². The molecule has 1 aromatic rings. The van der Waals surface area contributed by atoms with Crippen molar-refractivity contribution in [3.8, 4) is 5.75 Å². The van der Waals surface area contributed by atoms with Crippen molar-refractivity contribution in [2.45, 2.75) is 52.5 Å². The Labute approximate surface area is 133 Å². The summed E-state index contributed by atoms with van der Waals surface area (Å²) < 4.78 is 5.15. The van der Waals surface area contributed by atoms with Gasteiger partial charge >= 0.3 is 0 Å². The maximum atomic E-state index is 12.4. The Kier molecular flexibility index (Phi) is 3.70. The second kappa shape index (κ2) is 5.29. The predicted molar refractivity (Wildman–Crippen MR) is 87.9 cm³/mol. The van der Waals surface area contributed by atoms with Crippen LogP contribution in [0.1, 0.15) is 45.6 Å². The van der Waals surface area contributed by atoms with Gasteiger partial charge in [-0.15, -0.1) is 0 Å². The Morgan fingerprint density at radius 1 is 1.27 bits per heavy atom. The van der Waals surface area contributed by atoms with Crippen molar-refractivity contribution in [2.75, 3.05) is 7.11 Å². The van der Waals surface area contributed by atoms with Crippen LogP contribution in [0.3, 0.4) is 0 Å². The van der Waals surface area contributed by atoms with Crippen LogP contribution in [0, 0.1) is 16.7 Å². The molecule has 2 bridgehead atoms. The van der Waals surface area contributed by atoms with E-state index >= 15 is 0 Å². The Balaban J connectivity index is 1.63. The van der Waals surface area contributed by atoms with Crippen LogP contribution in [0.4, 0.5) is 0 Å². The molecule has 0 aliphatic heterocycles. The molecule has 3 atom stereocenters. The summed E-state index contributed by atoms with van der Waals surface area (Å²) in [4.78, 5) is 12.4. The van der Waals surface area contributed by atoms with Gasteiger partial charge in [-0.05, 0) is 53.7 Å². The highest BCUT2D eigenvalue weighted by atomic mass is 16.5. The number of carbonyl (C=O) groups excluding carboxylic acids is 1. The van der Waals surface area contributed by atoms with Crippen LogP contribution in [0.5, 0.6) is 5.75 Å². The van der Waals surface area contributed by atoms with E-state index in [0.29, 0.717) is 17.9 Å². The third-order valence-corrected chi connectivity index (χ3v) is 6.65. The molecule has 3 nitrogen and oxygen atoms in total. The molecule has 3 rings (SSSR count). The van der Waals surface area contributed by atoms with Gasteiger partial charge in [0.25, 0.3) is 0 Å². The lowest BCUT2D eigenvalue weighted by atomic mass is 9.69. The molecule has 0 saturated heterocycles. The minimum absolute atomic E-state index is 0.139. The van der Waals surface area contributed by atoms with Gasteiger partial charge in [-0.25, -0.2) is 0 Å². The van der Waals surface area contributed by atoms with Gasteiger partial charge in [-0.3, -0.25) is 4.79 Å². The second-order valence-corrected chi connectivity index (χ2v) is 7.76. The summed E-state index contributed by atoms with van der Waals surface area (Å²) in [6.07, 6.45) is 4.13. The maximum absolute atomic E-state index is 12.4. The molecule has 0 heterocycles. The van der Waals surface area contributed by atoms with Gasteiger partial charge in [-0.1, -0.05) is 32.9 Å². The Morgan fingerprint density at radius 2 is 1.95 bits per heavy atom. The number of amides is 1. The largest absolute Gasteiger partial charge is 0.497 e. The fourth-order valence-corrected chi connectivity index (χ4v) is 4.60. The monoisotopic (exact) mass is 301 g/mol. The van der Waals surface area contributed by atoms with Gasteiger partial charge in [0.2, 0.25) is 5.91 Å². The van der Waals surface area contributed by atoms with Gasteiger partial charge in [0, 0.05) is 6.04 Å². The Morgan fingerprint density at radius 3 is 2.45 bits per heavy atom. The number of carbonyl (C=O) groups is 1. The molecule has 0 aromatic heterocycles. The molecule has 3 unspecified atom stereocenters. The lowest BCUT2D eigenvalue weighted by molar-refractivity contribution is -0.122. The van der Waals surface area contributed by atoms with Crippen molar-refractivity contribution < 1.29 is 9.53 Å². The van der Waals surface area contributed by atoms with Crippen molar-refractivity contribution in [3.63, 3.8) is 0 Å². The van der Waals surface area contributed by atoms with E-state index in [-0.39, 0.29) is 11.3 Å². The molecular formula is C19H27NO2. The molecule has 22 heavy (non-hydrogen) atoms. The Hall–Kier alpha value is -1.51. The minimum Gasteiger partial charge on any atom is -0.497 e. The van der Waals surface area contributed by atoms with Gasteiger partial charge < -0.3 is 10.1 Å². The second-order valence-electron chi connectivity index (χ2n) is 7.76. The summed E-state index contributed by atoms with van der Waals surface area (Å²) in [5, 5.41) is 3.31. The fourth-order valence-electron chi connectivity index (χ4n) is 4.60. The summed E-state index contributed by atoms with van der Waals surface area (Å²) in [6, 6.07) is 8.07. The van der Waals surface area contributed by atoms with E-state index in [2.05, 4.69) is 26.1 Å². The standard InChI is InChI=1S/C19H27NO2/c1-18(2)14-9-10-19(18,3)16(12-14)20-17(21)11-13-5-7-15(22-4)8-6-13/h5-8,14,16H,9-12H2,1-4H3,(H,20,21). The first-order valence-corrected chi connectivity index (χ1v) is 8.29. The molecule has 1 amide bonds. The van der Waals surface area contributed by atoms with Gasteiger partial charge in [-0.2, -0.15) is 0 Å². The van der Waals surface area contributed by atoms with Crippen molar-refractivity contribution in [2.24, 2.45) is 16.7 Å². The average Bonchev–Trinajstić information content (AvgIpc) is 2.81. The van der Waals surface area contributed by atoms with E-state index in [1.807, 2.05) is 24.3 Å². The first-order chi connectivity index (χ1) is 10.4. The van der Waals surface area contributed by atoms with Crippen LogP contribution in [-0.4, -0.2) is 19.1 Å². The topological polar surface area (TPSA) is 38.3 Å². The number of ether oxygens (including phenoxy) is 1. The lowest BCUT2D eigenvalue weighted by Crippen LogP contribution is -2.47. The predicted octanol–water partition coefficient (Wildman–Crippen LogP) is 3.57. The summed E-state index contributed by atoms with van der Waals surface area (Å²) in [5.41, 5.74) is 1.61. The first-order valence-electron chi connectivity index (χ1n) is 8.29. The highest BCUT2D eigenvalue weighted by Gasteiger charge is 2.61. The molecule has 2 fully saturated rings. The number of hydrogen-bond acceptors (Lipinski definition) is 2. The zero-order chi connectivity index (χ0) is 16.0. The molecule has 2 aliphatic carbocycles. The van der Waals surface area contributed by atoms with E-state index < -0.39 is 0 Å². The van der Waals surface area contributed by atoms with Crippen LogP contribution in [-0.2, 0) is 11.2 Å². The first kappa shape index (κ1) is 15.4. The summed E-state index contributed by atoms with van der Waals surface area (Å²) in [5.74, 6) is 1.72. The highest BCUT2D eigenvalue weighted by molar-refractivity contribution is 5.79. The van der Waals surface area contributed by atoms with Gasteiger partial charge in [0.15, 0.2) is 0 Å². The smallest absolute Gasteiger partial charge is 0.224 e. The SMILES string of the molecule is COc1ccc(CC(=O)NC2CC3CCC2(C)C3(C)C)cc1. The number of nitrogens with one attached hydrogen (secondary N) is 1. The molecule has 1 aromatic carbocycles. The zero-order valence-electron chi connectivity index (χ0n) is 14.1. The molecular weight excluding hydrogens is 274 g/mol.